The van der Waals surface area contributed by atoms with E-state index in [-0.39, 0.29) is 5.78 Å². The first kappa shape index (κ1) is 11.7. The second kappa shape index (κ2) is 4.39. The quantitative estimate of drug-likeness (QED) is 0.635. The molecular formula is C17H14O2. The number of rotatable bonds is 2. The Labute approximate surface area is 111 Å². The van der Waals surface area contributed by atoms with Crippen LogP contribution in [0.2, 0.25) is 0 Å². The zero-order valence-electron chi connectivity index (χ0n) is 10.9. The van der Waals surface area contributed by atoms with Crippen molar-refractivity contribution in [1.82, 2.24) is 0 Å². The maximum Gasteiger partial charge on any atom is 0.228 e. The van der Waals surface area contributed by atoms with Gasteiger partial charge in [-0.15, -0.1) is 0 Å². The van der Waals surface area contributed by atoms with Crippen LogP contribution >= 0.6 is 0 Å². The van der Waals surface area contributed by atoms with E-state index < -0.39 is 0 Å². The fraction of sp³-hybridized carbons (Fsp3) is 0.118. The molecule has 0 aliphatic carbocycles. The molecule has 0 saturated carbocycles. The van der Waals surface area contributed by atoms with Crippen molar-refractivity contribution in [2.24, 2.45) is 0 Å². The Hall–Kier alpha value is -2.35. The van der Waals surface area contributed by atoms with Crippen LogP contribution in [0.15, 0.2) is 52.9 Å². The second-order valence-corrected chi connectivity index (χ2v) is 4.80. The highest BCUT2D eigenvalue weighted by molar-refractivity contribution is 6.09. The fourth-order valence-electron chi connectivity index (χ4n) is 2.24. The van der Waals surface area contributed by atoms with E-state index in [2.05, 4.69) is 0 Å². The average molecular weight is 250 g/mol. The number of ketones is 1. The Bertz CT molecular complexity index is 766. The summed E-state index contributed by atoms with van der Waals surface area (Å²) >= 11 is 0. The van der Waals surface area contributed by atoms with Crippen molar-refractivity contribution in [3.05, 3.63) is 71.0 Å². The summed E-state index contributed by atoms with van der Waals surface area (Å²) in [6.45, 7) is 3.95. The van der Waals surface area contributed by atoms with Gasteiger partial charge in [0.1, 0.15) is 5.58 Å². The highest BCUT2D eigenvalue weighted by atomic mass is 16.3. The summed E-state index contributed by atoms with van der Waals surface area (Å²) in [7, 11) is 0. The third kappa shape index (κ3) is 2.06. The number of carbonyl (C=O) groups excluding carboxylic acids is 1. The lowest BCUT2D eigenvalue weighted by atomic mass is 10.0. The number of fused-ring (bicyclic) bond motifs is 1. The zero-order chi connectivity index (χ0) is 13.4. The predicted molar refractivity (Wildman–Crippen MR) is 75.6 cm³/mol. The minimum Gasteiger partial charge on any atom is -0.453 e. The van der Waals surface area contributed by atoms with Gasteiger partial charge in [0, 0.05) is 10.9 Å². The smallest absolute Gasteiger partial charge is 0.228 e. The first-order valence-corrected chi connectivity index (χ1v) is 6.26. The van der Waals surface area contributed by atoms with Gasteiger partial charge in [0.25, 0.3) is 0 Å². The van der Waals surface area contributed by atoms with Crippen LogP contribution < -0.4 is 0 Å². The SMILES string of the molecule is Cc1ccc2oc(C(=O)c3ccccc3C)cc2c1. The van der Waals surface area contributed by atoms with Gasteiger partial charge >= 0.3 is 0 Å². The van der Waals surface area contributed by atoms with Crippen LogP contribution in [-0.2, 0) is 0 Å². The number of hydrogen-bond acceptors (Lipinski definition) is 2. The molecule has 0 N–H and O–H groups in total. The summed E-state index contributed by atoms with van der Waals surface area (Å²) in [5.74, 6) is 0.335. The number of carbonyl (C=O) groups is 1. The highest BCUT2D eigenvalue weighted by Crippen LogP contribution is 2.23. The van der Waals surface area contributed by atoms with Crippen molar-refractivity contribution in [3.63, 3.8) is 0 Å². The monoisotopic (exact) mass is 250 g/mol. The summed E-state index contributed by atoms with van der Waals surface area (Å²) in [6.07, 6.45) is 0. The summed E-state index contributed by atoms with van der Waals surface area (Å²) < 4.78 is 5.64. The number of furan rings is 1. The van der Waals surface area contributed by atoms with Crippen LogP contribution in [0.3, 0.4) is 0 Å². The first-order chi connectivity index (χ1) is 9.15. The fourth-order valence-corrected chi connectivity index (χ4v) is 2.24. The van der Waals surface area contributed by atoms with Gasteiger partial charge in [0.2, 0.25) is 5.78 Å². The van der Waals surface area contributed by atoms with Crippen molar-refractivity contribution >= 4 is 16.8 Å². The van der Waals surface area contributed by atoms with Crippen LogP contribution in [0.1, 0.15) is 27.2 Å². The summed E-state index contributed by atoms with van der Waals surface area (Å²) in [5.41, 5.74) is 3.56. The van der Waals surface area contributed by atoms with Crippen molar-refractivity contribution in [3.8, 4) is 0 Å². The maximum absolute atomic E-state index is 12.4. The van der Waals surface area contributed by atoms with Crippen LogP contribution in [0, 0.1) is 13.8 Å². The molecule has 0 fully saturated rings. The molecule has 3 aromatic rings. The minimum atomic E-state index is -0.0630. The van der Waals surface area contributed by atoms with E-state index in [9.17, 15) is 4.79 Å². The van der Waals surface area contributed by atoms with Crippen LogP contribution in [0.5, 0.6) is 0 Å². The molecule has 0 spiro atoms. The van der Waals surface area contributed by atoms with Gasteiger partial charge in [-0.25, -0.2) is 0 Å². The Morgan fingerprint density at radius 2 is 1.79 bits per heavy atom. The van der Waals surface area contributed by atoms with Crippen molar-refractivity contribution < 1.29 is 9.21 Å². The summed E-state index contributed by atoms with van der Waals surface area (Å²) in [5, 5.41) is 0.969. The molecule has 2 nitrogen and oxygen atoms in total. The Balaban J connectivity index is 2.09. The number of aryl methyl sites for hydroxylation is 2. The van der Waals surface area contributed by atoms with Gasteiger partial charge in [-0.2, -0.15) is 0 Å². The van der Waals surface area contributed by atoms with Crippen molar-refractivity contribution in [2.75, 3.05) is 0 Å². The molecule has 1 aromatic heterocycles. The molecule has 0 amide bonds. The van der Waals surface area contributed by atoms with E-state index in [1.54, 1.807) is 0 Å². The molecule has 0 bridgehead atoms. The van der Waals surface area contributed by atoms with E-state index in [0.717, 1.165) is 22.1 Å². The zero-order valence-corrected chi connectivity index (χ0v) is 10.9. The van der Waals surface area contributed by atoms with E-state index >= 15 is 0 Å². The molecule has 0 aliphatic rings. The third-order valence-electron chi connectivity index (χ3n) is 3.29. The van der Waals surface area contributed by atoms with Gasteiger partial charge in [-0.3, -0.25) is 4.79 Å². The molecule has 0 unspecified atom stereocenters. The molecule has 2 aromatic carbocycles. The molecule has 0 atom stereocenters. The van der Waals surface area contributed by atoms with Gasteiger partial charge in [0.05, 0.1) is 0 Å². The number of hydrogen-bond donors (Lipinski definition) is 0. The lowest BCUT2D eigenvalue weighted by Crippen LogP contribution is -2.01. The lowest BCUT2D eigenvalue weighted by molar-refractivity contribution is 0.101. The van der Waals surface area contributed by atoms with Crippen molar-refractivity contribution in [2.45, 2.75) is 13.8 Å². The molecule has 1 heterocycles. The Morgan fingerprint density at radius 1 is 1.00 bits per heavy atom. The van der Waals surface area contributed by atoms with Crippen LogP contribution in [0.25, 0.3) is 11.0 Å². The van der Waals surface area contributed by atoms with Gasteiger partial charge < -0.3 is 4.42 Å². The predicted octanol–water partition coefficient (Wildman–Crippen LogP) is 4.28. The maximum atomic E-state index is 12.4. The van der Waals surface area contributed by atoms with Crippen molar-refractivity contribution in [1.29, 1.82) is 0 Å². The standard InChI is InChI=1S/C17H14O2/c1-11-7-8-15-13(9-11)10-16(19-15)17(18)14-6-4-3-5-12(14)2/h3-10H,1-2H3. The third-order valence-corrected chi connectivity index (χ3v) is 3.29. The molecule has 0 aliphatic heterocycles. The summed E-state index contributed by atoms with van der Waals surface area (Å²) in [4.78, 5) is 12.4. The molecule has 0 saturated heterocycles. The Morgan fingerprint density at radius 3 is 2.58 bits per heavy atom. The van der Waals surface area contributed by atoms with Gasteiger partial charge in [-0.05, 0) is 37.6 Å². The molecule has 0 radical (unpaired) electrons. The second-order valence-electron chi connectivity index (χ2n) is 4.80. The van der Waals surface area contributed by atoms with E-state index in [1.165, 1.54) is 0 Å². The molecular weight excluding hydrogens is 236 g/mol. The molecule has 94 valence electrons. The van der Waals surface area contributed by atoms with E-state index in [0.29, 0.717) is 11.3 Å². The number of benzene rings is 2. The topological polar surface area (TPSA) is 30.2 Å². The molecule has 19 heavy (non-hydrogen) atoms. The van der Waals surface area contributed by atoms with Gasteiger partial charge in [-0.1, -0.05) is 35.9 Å². The van der Waals surface area contributed by atoms with Crippen LogP contribution in [-0.4, -0.2) is 5.78 Å². The largest absolute Gasteiger partial charge is 0.453 e. The normalized spacial score (nSPS) is 10.8. The minimum absolute atomic E-state index is 0.0630. The first-order valence-electron chi connectivity index (χ1n) is 6.26. The average Bonchev–Trinajstić information content (AvgIpc) is 2.81. The Kier molecular flexibility index (Phi) is 2.71. The summed E-state index contributed by atoms with van der Waals surface area (Å²) in [6, 6.07) is 15.3. The lowest BCUT2D eigenvalue weighted by Gasteiger charge is -2.01. The van der Waals surface area contributed by atoms with E-state index in [4.69, 9.17) is 4.42 Å². The van der Waals surface area contributed by atoms with Crippen LogP contribution in [0.4, 0.5) is 0 Å². The highest BCUT2D eigenvalue weighted by Gasteiger charge is 2.16. The molecule has 2 heteroatoms. The molecule has 3 rings (SSSR count). The van der Waals surface area contributed by atoms with Gasteiger partial charge in [0.15, 0.2) is 5.76 Å². The van der Waals surface area contributed by atoms with E-state index in [1.807, 2.05) is 62.4 Å².